The second-order valence-electron chi connectivity index (χ2n) is 3.96. The van der Waals surface area contributed by atoms with Gasteiger partial charge in [0.25, 0.3) is 0 Å². The van der Waals surface area contributed by atoms with E-state index >= 15 is 0 Å². The first kappa shape index (κ1) is 14.6. The molecule has 1 saturated heterocycles. The molecular weight excluding hydrogens is 257 g/mol. The fourth-order valence-electron chi connectivity index (χ4n) is 1.89. The topological polar surface area (TPSA) is 38.5 Å². The van der Waals surface area contributed by atoms with Gasteiger partial charge in [0.1, 0.15) is 12.8 Å². The summed E-state index contributed by atoms with van der Waals surface area (Å²) in [5.74, 6) is 0.590. The van der Waals surface area contributed by atoms with Crippen molar-refractivity contribution in [3.63, 3.8) is 0 Å². The molecule has 0 aliphatic carbocycles. The molecule has 0 amide bonds. The van der Waals surface area contributed by atoms with Gasteiger partial charge in [0.05, 0.1) is 17.5 Å². The molecule has 0 bridgehead atoms. The van der Waals surface area contributed by atoms with Gasteiger partial charge in [0.2, 0.25) is 0 Å². The van der Waals surface area contributed by atoms with Gasteiger partial charge in [0, 0.05) is 0 Å². The Kier molecular flexibility index (Phi) is 4.67. The van der Waals surface area contributed by atoms with Crippen LogP contribution in [0.3, 0.4) is 0 Å². The van der Waals surface area contributed by atoms with Crippen LogP contribution in [0.5, 0.6) is 0 Å². The molecule has 1 fully saturated rings. The monoisotopic (exact) mass is 270 g/mol. The van der Waals surface area contributed by atoms with Crippen molar-refractivity contribution in [3.05, 3.63) is 0 Å². The van der Waals surface area contributed by atoms with Crippen LogP contribution in [-0.4, -0.2) is 42.5 Å². The lowest BCUT2D eigenvalue weighted by atomic mass is 9.93. The predicted octanol–water partition coefficient (Wildman–Crippen LogP) is 1.37. The van der Waals surface area contributed by atoms with Crippen molar-refractivity contribution in [2.24, 2.45) is 11.7 Å². The van der Waals surface area contributed by atoms with Gasteiger partial charge < -0.3 is 10.5 Å². The highest BCUT2D eigenvalue weighted by Crippen LogP contribution is 2.39. The van der Waals surface area contributed by atoms with Crippen LogP contribution in [0.1, 0.15) is 6.42 Å². The third-order valence-corrected chi connectivity index (χ3v) is 3.22. The van der Waals surface area contributed by atoms with E-state index in [9.17, 15) is 13.2 Å². The zero-order chi connectivity index (χ0) is 13.2. The summed E-state index contributed by atoms with van der Waals surface area (Å²) in [5.41, 5.74) is 5.55. The number of piperidine rings is 1. The van der Waals surface area contributed by atoms with Crippen molar-refractivity contribution in [2.45, 2.75) is 30.4 Å². The Labute approximate surface area is 103 Å². The maximum absolute atomic E-state index is 12.7. The van der Waals surface area contributed by atoms with Crippen LogP contribution in [0.15, 0.2) is 0 Å². The van der Waals surface area contributed by atoms with Crippen LogP contribution in [0.4, 0.5) is 13.2 Å². The molecule has 4 unspecified atom stereocenters. The van der Waals surface area contributed by atoms with Crippen LogP contribution < -0.4 is 5.73 Å². The maximum Gasteiger partial charge on any atom is 0.394 e. The van der Waals surface area contributed by atoms with Gasteiger partial charge in [-0.05, 0) is 13.5 Å². The van der Waals surface area contributed by atoms with Crippen molar-refractivity contribution >= 4 is 11.6 Å². The largest absolute Gasteiger partial charge is 0.394 e. The van der Waals surface area contributed by atoms with Gasteiger partial charge in [-0.1, -0.05) is 5.92 Å². The minimum atomic E-state index is -4.36. The Bertz CT molecular complexity index is 305. The van der Waals surface area contributed by atoms with Gasteiger partial charge in [-0.3, -0.25) is 4.90 Å². The summed E-state index contributed by atoms with van der Waals surface area (Å²) >= 11 is 5.89. The van der Waals surface area contributed by atoms with Crippen molar-refractivity contribution in [2.75, 3.05) is 13.7 Å². The summed E-state index contributed by atoms with van der Waals surface area (Å²) in [4.78, 5) is 1.27. The smallest absolute Gasteiger partial charge is 0.349 e. The first-order chi connectivity index (χ1) is 7.79. The van der Waals surface area contributed by atoms with E-state index in [0.717, 1.165) is 0 Å². The van der Waals surface area contributed by atoms with Gasteiger partial charge in [-0.2, -0.15) is 13.2 Å². The highest BCUT2D eigenvalue weighted by atomic mass is 35.5. The molecule has 1 rings (SSSR count). The molecule has 3 nitrogen and oxygen atoms in total. The lowest BCUT2D eigenvalue weighted by Crippen LogP contribution is -2.61. The number of nitrogens with two attached hydrogens (primary N) is 1. The quantitative estimate of drug-likeness (QED) is 0.608. The molecule has 1 heterocycles. The predicted molar refractivity (Wildman–Crippen MR) is 58.1 cm³/mol. The summed E-state index contributed by atoms with van der Waals surface area (Å²) in [6.45, 7) is -0.0123. The number of hydrogen-bond donors (Lipinski definition) is 1. The Morgan fingerprint density at radius 2 is 2.18 bits per heavy atom. The van der Waals surface area contributed by atoms with E-state index in [1.54, 1.807) is 0 Å². The van der Waals surface area contributed by atoms with Crippen LogP contribution >= 0.6 is 11.6 Å². The van der Waals surface area contributed by atoms with Crippen molar-refractivity contribution in [3.8, 4) is 12.3 Å². The minimum absolute atomic E-state index is 0.0123. The number of alkyl halides is 4. The normalized spacial score (nSPS) is 35.6. The van der Waals surface area contributed by atoms with Gasteiger partial charge in [-0.25, -0.2) is 0 Å². The Morgan fingerprint density at radius 1 is 1.59 bits per heavy atom. The third-order valence-electron chi connectivity index (χ3n) is 2.83. The SMILES string of the molecule is C#CCOC1C(Cl)CC(C(F)(F)F)C(N)N1C. The molecule has 1 aliphatic heterocycles. The third kappa shape index (κ3) is 3.26. The van der Waals surface area contributed by atoms with Crippen LogP contribution in [0.2, 0.25) is 0 Å². The fraction of sp³-hybridized carbons (Fsp3) is 0.800. The maximum atomic E-state index is 12.7. The van der Waals surface area contributed by atoms with Crippen LogP contribution in [-0.2, 0) is 4.74 Å². The van der Waals surface area contributed by atoms with E-state index in [1.165, 1.54) is 11.9 Å². The summed E-state index contributed by atoms with van der Waals surface area (Å²) in [6.07, 6.45) is -1.48. The second-order valence-corrected chi connectivity index (χ2v) is 4.52. The summed E-state index contributed by atoms with van der Waals surface area (Å²) in [6, 6.07) is 0. The zero-order valence-corrected chi connectivity index (χ0v) is 10.0. The standard InChI is InChI=1S/C10H14ClF3N2O/c1-3-4-17-9-7(11)5-6(10(12,13)14)8(15)16(9)2/h1,6-9H,4-5,15H2,2H3. The molecular formula is C10H14ClF3N2O. The van der Waals surface area contributed by atoms with E-state index in [0.29, 0.717) is 0 Å². The highest BCUT2D eigenvalue weighted by molar-refractivity contribution is 6.21. The lowest BCUT2D eigenvalue weighted by Gasteiger charge is -2.44. The number of rotatable bonds is 2. The highest BCUT2D eigenvalue weighted by Gasteiger charge is 2.51. The number of nitrogens with zero attached hydrogens (tertiary/aromatic N) is 1. The van der Waals surface area contributed by atoms with Crippen LogP contribution in [0, 0.1) is 18.3 Å². The molecule has 7 heteroatoms. The number of ether oxygens (including phenoxy) is 1. The molecule has 17 heavy (non-hydrogen) atoms. The fourth-order valence-corrected chi connectivity index (χ4v) is 2.33. The average molecular weight is 271 g/mol. The summed E-state index contributed by atoms with van der Waals surface area (Å²) in [7, 11) is 1.44. The number of hydrogen-bond acceptors (Lipinski definition) is 3. The molecule has 1 aliphatic rings. The Hall–Kier alpha value is -0.480. The zero-order valence-electron chi connectivity index (χ0n) is 9.25. The Morgan fingerprint density at radius 3 is 2.65 bits per heavy atom. The van der Waals surface area contributed by atoms with Crippen LogP contribution in [0.25, 0.3) is 0 Å². The molecule has 2 N–H and O–H groups in total. The van der Waals surface area contributed by atoms with E-state index < -0.39 is 29.9 Å². The molecule has 0 radical (unpaired) electrons. The van der Waals surface area contributed by atoms with Gasteiger partial charge in [-0.15, -0.1) is 18.0 Å². The summed E-state index contributed by atoms with van der Waals surface area (Å²) in [5, 5.41) is -0.792. The number of terminal acetylenes is 1. The van der Waals surface area contributed by atoms with E-state index in [1.807, 2.05) is 0 Å². The first-order valence-electron chi connectivity index (χ1n) is 5.02. The van der Waals surface area contributed by atoms with E-state index in [-0.39, 0.29) is 13.0 Å². The molecule has 98 valence electrons. The summed E-state index contributed by atoms with van der Waals surface area (Å²) < 4.78 is 43.2. The Balaban J connectivity index is 2.77. The van der Waals surface area contributed by atoms with Crippen molar-refractivity contribution in [1.29, 1.82) is 0 Å². The molecule has 0 aromatic rings. The molecule has 4 atom stereocenters. The number of halogens is 4. The van der Waals surface area contributed by atoms with Crippen molar-refractivity contribution in [1.82, 2.24) is 4.90 Å². The molecule has 0 spiro atoms. The van der Waals surface area contributed by atoms with Gasteiger partial charge in [0.15, 0.2) is 0 Å². The number of likely N-dealkylation sites (tertiary alicyclic amines) is 1. The first-order valence-corrected chi connectivity index (χ1v) is 5.46. The van der Waals surface area contributed by atoms with Gasteiger partial charge >= 0.3 is 6.18 Å². The van der Waals surface area contributed by atoms with E-state index in [2.05, 4.69) is 5.92 Å². The molecule has 0 aromatic heterocycles. The minimum Gasteiger partial charge on any atom is -0.349 e. The molecule has 0 saturated carbocycles. The average Bonchev–Trinajstić information content (AvgIpc) is 2.22. The lowest BCUT2D eigenvalue weighted by molar-refractivity contribution is -0.218. The molecule has 0 aromatic carbocycles. The second kappa shape index (κ2) is 5.44. The van der Waals surface area contributed by atoms with Crippen molar-refractivity contribution < 1.29 is 17.9 Å². The van der Waals surface area contributed by atoms with E-state index in [4.69, 9.17) is 28.5 Å².